The molecule has 0 bridgehead atoms. The lowest BCUT2D eigenvalue weighted by atomic mass is 10.1. The van der Waals surface area contributed by atoms with Crippen molar-refractivity contribution >= 4 is 8.32 Å². The van der Waals surface area contributed by atoms with Crippen LogP contribution in [0.4, 0.5) is 0 Å². The first kappa shape index (κ1) is 25.9. The molecular formula is C23H48O2Si. The lowest BCUT2D eigenvalue weighted by Crippen LogP contribution is -2.31. The molecule has 0 rings (SSSR count). The summed E-state index contributed by atoms with van der Waals surface area (Å²) in [6.45, 7) is 9.51. The smallest absolute Gasteiger partial charge is 0.184 e. The number of aliphatic hydroxyl groups is 1. The van der Waals surface area contributed by atoms with Crippen LogP contribution in [-0.2, 0) is 4.43 Å². The van der Waals surface area contributed by atoms with E-state index in [0.717, 1.165) is 6.42 Å². The average Bonchev–Trinajstić information content (AvgIpc) is 2.58. The van der Waals surface area contributed by atoms with Gasteiger partial charge in [0, 0.05) is 6.61 Å². The summed E-state index contributed by atoms with van der Waals surface area (Å²) < 4.78 is 6.38. The summed E-state index contributed by atoms with van der Waals surface area (Å²) in [5.74, 6) is 0. The third-order valence-electron chi connectivity index (χ3n) is 4.73. The normalized spacial score (nSPS) is 13.6. The predicted octanol–water partition coefficient (Wildman–Crippen LogP) is 7.63. The second-order valence-corrected chi connectivity index (χ2v) is 13.2. The number of allylic oxidation sites excluding steroid dienone is 1. The van der Waals surface area contributed by atoms with Gasteiger partial charge in [0.2, 0.25) is 0 Å². The van der Waals surface area contributed by atoms with E-state index in [1.807, 2.05) is 0 Å². The zero-order valence-corrected chi connectivity index (χ0v) is 19.4. The highest BCUT2D eigenvalue weighted by Crippen LogP contribution is 2.17. The molecule has 0 aliphatic rings. The lowest BCUT2D eigenvalue weighted by Gasteiger charge is -2.24. The van der Waals surface area contributed by atoms with Gasteiger partial charge in [0.05, 0.1) is 6.10 Å². The Labute approximate surface area is 165 Å². The number of aliphatic hydroxyl groups excluding tert-OH is 1. The van der Waals surface area contributed by atoms with Gasteiger partial charge in [0.15, 0.2) is 8.32 Å². The third kappa shape index (κ3) is 20.2. The predicted molar refractivity (Wildman–Crippen MR) is 119 cm³/mol. The fourth-order valence-electron chi connectivity index (χ4n) is 3.28. The van der Waals surface area contributed by atoms with E-state index >= 15 is 0 Å². The molecule has 0 radical (unpaired) electrons. The molecular weight excluding hydrogens is 336 g/mol. The van der Waals surface area contributed by atoms with Gasteiger partial charge in [-0.15, -0.1) is 0 Å². The maximum Gasteiger partial charge on any atom is 0.184 e. The Balaban J connectivity index is 3.88. The molecule has 0 aliphatic carbocycles. The Hall–Kier alpha value is -0.123. The van der Waals surface area contributed by atoms with Crippen LogP contribution in [0, 0.1) is 0 Å². The van der Waals surface area contributed by atoms with Gasteiger partial charge in [-0.05, 0) is 45.3 Å². The number of hydrogen-bond donors (Lipinski definition) is 1. The molecule has 3 heteroatoms. The van der Waals surface area contributed by atoms with Crippen molar-refractivity contribution in [2.24, 2.45) is 0 Å². The molecule has 0 spiro atoms. The minimum absolute atomic E-state index is 0.330. The van der Waals surface area contributed by atoms with Crippen LogP contribution in [0.15, 0.2) is 12.2 Å². The van der Waals surface area contributed by atoms with Crippen LogP contribution in [-0.4, -0.2) is 26.1 Å². The first-order chi connectivity index (χ1) is 12.5. The van der Waals surface area contributed by atoms with E-state index < -0.39 is 8.32 Å². The number of rotatable bonds is 19. The molecule has 0 amide bonds. The molecule has 1 unspecified atom stereocenters. The monoisotopic (exact) mass is 384 g/mol. The van der Waals surface area contributed by atoms with E-state index in [-0.39, 0.29) is 0 Å². The topological polar surface area (TPSA) is 29.5 Å². The molecule has 0 fully saturated rings. The molecule has 2 nitrogen and oxygen atoms in total. The van der Waals surface area contributed by atoms with E-state index in [1.165, 1.54) is 89.9 Å². The summed E-state index contributed by atoms with van der Waals surface area (Å²) in [5, 5.41) is 8.80. The molecule has 0 saturated carbocycles. The van der Waals surface area contributed by atoms with Crippen molar-refractivity contribution < 1.29 is 9.53 Å². The first-order valence-corrected chi connectivity index (χ1v) is 14.9. The fourth-order valence-corrected chi connectivity index (χ4v) is 4.38. The molecule has 0 aliphatic heterocycles. The molecule has 26 heavy (non-hydrogen) atoms. The van der Waals surface area contributed by atoms with Crippen LogP contribution >= 0.6 is 0 Å². The van der Waals surface area contributed by atoms with Gasteiger partial charge in [-0.25, -0.2) is 0 Å². The highest BCUT2D eigenvalue weighted by Gasteiger charge is 2.19. The Morgan fingerprint density at radius 3 is 1.88 bits per heavy atom. The zero-order chi connectivity index (χ0) is 19.5. The quantitative estimate of drug-likeness (QED) is 0.141. The second kappa shape index (κ2) is 18.2. The molecule has 0 aromatic carbocycles. The van der Waals surface area contributed by atoms with Gasteiger partial charge >= 0.3 is 0 Å². The van der Waals surface area contributed by atoms with Gasteiger partial charge in [-0.1, -0.05) is 89.7 Å². The van der Waals surface area contributed by atoms with E-state index in [1.54, 1.807) is 0 Å². The summed E-state index contributed by atoms with van der Waals surface area (Å²) >= 11 is 0. The van der Waals surface area contributed by atoms with Crippen LogP contribution in [0.1, 0.15) is 103 Å². The summed E-state index contributed by atoms with van der Waals surface area (Å²) in [5.41, 5.74) is 0. The highest BCUT2D eigenvalue weighted by molar-refractivity contribution is 6.69. The Bertz CT molecular complexity index is 310. The van der Waals surface area contributed by atoms with E-state index in [2.05, 4.69) is 38.7 Å². The minimum atomic E-state index is -1.48. The van der Waals surface area contributed by atoms with Gasteiger partial charge in [-0.3, -0.25) is 0 Å². The summed E-state index contributed by atoms with van der Waals surface area (Å²) in [4.78, 5) is 0. The van der Waals surface area contributed by atoms with E-state index in [0.29, 0.717) is 12.7 Å². The van der Waals surface area contributed by atoms with Crippen LogP contribution in [0.5, 0.6) is 0 Å². The van der Waals surface area contributed by atoms with Crippen molar-refractivity contribution in [1.29, 1.82) is 0 Å². The van der Waals surface area contributed by atoms with Crippen molar-refractivity contribution in [2.75, 3.05) is 6.61 Å². The highest BCUT2D eigenvalue weighted by atomic mass is 28.4. The summed E-state index contributed by atoms with van der Waals surface area (Å²) in [6.07, 6.45) is 24.3. The van der Waals surface area contributed by atoms with Crippen molar-refractivity contribution in [1.82, 2.24) is 0 Å². The molecule has 156 valence electrons. The average molecular weight is 385 g/mol. The standard InChI is InChI=1S/C23H48O2Si/c1-5-6-7-8-9-11-14-17-20-23(25-26(2,3)4)21-18-15-12-10-13-16-19-22-24/h17,20,23-24H,5-16,18-19,21-22H2,1-4H3/b20-17+. The number of unbranched alkanes of at least 4 members (excludes halogenated alkanes) is 12. The summed E-state index contributed by atoms with van der Waals surface area (Å²) in [6, 6.07) is 0. The van der Waals surface area contributed by atoms with E-state index in [9.17, 15) is 0 Å². The van der Waals surface area contributed by atoms with Crippen molar-refractivity contribution in [3.8, 4) is 0 Å². The molecule has 0 saturated heterocycles. The van der Waals surface area contributed by atoms with Crippen LogP contribution in [0.25, 0.3) is 0 Å². The van der Waals surface area contributed by atoms with Gasteiger partial charge in [0.25, 0.3) is 0 Å². The molecule has 0 aromatic rings. The van der Waals surface area contributed by atoms with Crippen LogP contribution < -0.4 is 0 Å². The van der Waals surface area contributed by atoms with Crippen LogP contribution in [0.2, 0.25) is 19.6 Å². The SMILES string of the molecule is CCCCCCCC/C=C/C(CCCCCCCCCO)O[Si](C)(C)C. The minimum Gasteiger partial charge on any atom is -0.411 e. The van der Waals surface area contributed by atoms with Crippen LogP contribution in [0.3, 0.4) is 0 Å². The Kier molecular flexibility index (Phi) is 18.2. The first-order valence-electron chi connectivity index (χ1n) is 11.4. The molecule has 0 heterocycles. The number of hydrogen-bond acceptors (Lipinski definition) is 2. The Morgan fingerprint density at radius 1 is 0.769 bits per heavy atom. The second-order valence-electron chi connectivity index (χ2n) is 8.74. The van der Waals surface area contributed by atoms with Gasteiger partial charge < -0.3 is 9.53 Å². The largest absolute Gasteiger partial charge is 0.411 e. The third-order valence-corrected chi connectivity index (χ3v) is 5.74. The van der Waals surface area contributed by atoms with Crippen molar-refractivity contribution in [3.63, 3.8) is 0 Å². The maximum absolute atomic E-state index is 8.80. The molecule has 1 N–H and O–H groups in total. The van der Waals surface area contributed by atoms with Gasteiger partial charge in [-0.2, -0.15) is 0 Å². The molecule has 0 aromatic heterocycles. The fraction of sp³-hybridized carbons (Fsp3) is 0.913. The Morgan fingerprint density at radius 2 is 1.31 bits per heavy atom. The van der Waals surface area contributed by atoms with Crippen molar-refractivity contribution in [2.45, 2.75) is 129 Å². The molecule has 1 atom stereocenters. The lowest BCUT2D eigenvalue weighted by molar-refractivity contribution is 0.225. The zero-order valence-electron chi connectivity index (χ0n) is 18.4. The van der Waals surface area contributed by atoms with E-state index in [4.69, 9.17) is 9.53 Å². The summed E-state index contributed by atoms with van der Waals surface area (Å²) in [7, 11) is -1.48. The van der Waals surface area contributed by atoms with Crippen molar-refractivity contribution in [3.05, 3.63) is 12.2 Å². The maximum atomic E-state index is 8.80. The van der Waals surface area contributed by atoms with Gasteiger partial charge in [0.1, 0.15) is 0 Å².